The minimum absolute atomic E-state index is 0.649. The van der Waals surface area contributed by atoms with E-state index >= 15 is 0 Å². The molecule has 1 unspecified atom stereocenters. The van der Waals surface area contributed by atoms with E-state index < -0.39 is 0 Å². The minimum Gasteiger partial charge on any atom is -0.378 e. The fourth-order valence-electron chi connectivity index (χ4n) is 1.58. The van der Waals surface area contributed by atoms with Crippen LogP contribution in [-0.2, 0) is 4.74 Å². The standard InChI is InChI=1S/C8H16N2O/c1-2-9-3-7(1)4-10-8-5-11-6-8/h7-10H,1-6H2. The van der Waals surface area contributed by atoms with Crippen molar-refractivity contribution in [1.29, 1.82) is 0 Å². The summed E-state index contributed by atoms with van der Waals surface area (Å²) in [4.78, 5) is 0. The highest BCUT2D eigenvalue weighted by Crippen LogP contribution is 2.07. The highest BCUT2D eigenvalue weighted by Gasteiger charge is 2.20. The second-order valence-electron chi connectivity index (χ2n) is 3.50. The zero-order valence-electron chi connectivity index (χ0n) is 6.81. The Labute approximate surface area is 67.5 Å². The molecule has 0 saturated carbocycles. The van der Waals surface area contributed by atoms with Gasteiger partial charge in [-0.15, -0.1) is 0 Å². The largest absolute Gasteiger partial charge is 0.378 e. The Morgan fingerprint density at radius 3 is 2.91 bits per heavy atom. The van der Waals surface area contributed by atoms with E-state index in [-0.39, 0.29) is 0 Å². The van der Waals surface area contributed by atoms with Gasteiger partial charge in [0.15, 0.2) is 0 Å². The first kappa shape index (κ1) is 7.53. The summed E-state index contributed by atoms with van der Waals surface area (Å²) in [5.74, 6) is 0.857. The number of rotatable bonds is 3. The van der Waals surface area contributed by atoms with Gasteiger partial charge in [0.1, 0.15) is 0 Å². The van der Waals surface area contributed by atoms with Crippen molar-refractivity contribution in [2.24, 2.45) is 5.92 Å². The SMILES string of the molecule is C1CC(CNC2COC2)CN1. The summed E-state index contributed by atoms with van der Waals surface area (Å²) in [7, 11) is 0. The average Bonchev–Trinajstić information content (AvgIpc) is 2.36. The zero-order chi connectivity index (χ0) is 7.52. The van der Waals surface area contributed by atoms with Crippen molar-refractivity contribution < 1.29 is 4.74 Å². The van der Waals surface area contributed by atoms with Crippen LogP contribution < -0.4 is 10.6 Å². The fraction of sp³-hybridized carbons (Fsp3) is 1.00. The molecule has 0 aromatic carbocycles. The molecule has 0 radical (unpaired) electrons. The van der Waals surface area contributed by atoms with Crippen molar-refractivity contribution in [3.8, 4) is 0 Å². The molecule has 0 aromatic heterocycles. The molecule has 3 nitrogen and oxygen atoms in total. The summed E-state index contributed by atoms with van der Waals surface area (Å²) in [6.07, 6.45) is 1.33. The third kappa shape index (κ3) is 1.92. The van der Waals surface area contributed by atoms with Gasteiger partial charge in [0.25, 0.3) is 0 Å². The van der Waals surface area contributed by atoms with Gasteiger partial charge in [-0.1, -0.05) is 0 Å². The van der Waals surface area contributed by atoms with Crippen LogP contribution in [0.4, 0.5) is 0 Å². The van der Waals surface area contributed by atoms with E-state index in [1.807, 2.05) is 0 Å². The second-order valence-corrected chi connectivity index (χ2v) is 3.50. The molecule has 11 heavy (non-hydrogen) atoms. The first-order valence-electron chi connectivity index (χ1n) is 4.47. The molecule has 2 heterocycles. The molecular formula is C8H16N2O. The molecule has 1 atom stereocenters. The molecule has 64 valence electrons. The van der Waals surface area contributed by atoms with Gasteiger partial charge in [0, 0.05) is 0 Å². The number of hydrogen-bond acceptors (Lipinski definition) is 3. The molecule has 2 rings (SSSR count). The Kier molecular flexibility index (Phi) is 2.41. The quantitative estimate of drug-likeness (QED) is 0.582. The second kappa shape index (κ2) is 3.52. The van der Waals surface area contributed by atoms with Gasteiger partial charge in [-0.3, -0.25) is 0 Å². The first-order chi connectivity index (χ1) is 5.45. The fourth-order valence-corrected chi connectivity index (χ4v) is 1.58. The smallest absolute Gasteiger partial charge is 0.0643 e. The summed E-state index contributed by atoms with van der Waals surface area (Å²) >= 11 is 0. The molecule has 2 saturated heterocycles. The summed E-state index contributed by atoms with van der Waals surface area (Å²) in [6, 6.07) is 0.649. The third-order valence-electron chi connectivity index (χ3n) is 2.50. The maximum absolute atomic E-state index is 5.07. The molecule has 2 aliphatic rings. The van der Waals surface area contributed by atoms with Crippen LogP contribution in [0, 0.1) is 5.92 Å². The van der Waals surface area contributed by atoms with Gasteiger partial charge < -0.3 is 15.4 Å². The monoisotopic (exact) mass is 156 g/mol. The van der Waals surface area contributed by atoms with Gasteiger partial charge in [0.05, 0.1) is 19.3 Å². The predicted molar refractivity (Wildman–Crippen MR) is 43.6 cm³/mol. The van der Waals surface area contributed by atoms with Crippen LogP contribution in [0.5, 0.6) is 0 Å². The molecule has 0 spiro atoms. The van der Waals surface area contributed by atoms with Crippen molar-refractivity contribution in [2.45, 2.75) is 12.5 Å². The summed E-state index contributed by atoms with van der Waals surface area (Å²) < 4.78 is 5.07. The van der Waals surface area contributed by atoms with Crippen molar-refractivity contribution >= 4 is 0 Å². The van der Waals surface area contributed by atoms with E-state index in [0.717, 1.165) is 19.1 Å². The molecule has 0 aliphatic carbocycles. The molecule has 0 bridgehead atoms. The highest BCUT2D eigenvalue weighted by molar-refractivity contribution is 4.78. The van der Waals surface area contributed by atoms with Crippen molar-refractivity contribution in [1.82, 2.24) is 10.6 Å². The molecule has 0 aromatic rings. The molecule has 3 heteroatoms. The maximum Gasteiger partial charge on any atom is 0.0643 e. The zero-order valence-corrected chi connectivity index (χ0v) is 6.81. The van der Waals surface area contributed by atoms with Crippen LogP contribution in [0.15, 0.2) is 0 Å². The van der Waals surface area contributed by atoms with Gasteiger partial charge in [0.2, 0.25) is 0 Å². The predicted octanol–water partition coefficient (Wildman–Crippen LogP) is -0.416. The van der Waals surface area contributed by atoms with Crippen LogP contribution in [-0.4, -0.2) is 38.9 Å². The third-order valence-corrected chi connectivity index (χ3v) is 2.50. The van der Waals surface area contributed by atoms with Crippen LogP contribution in [0.3, 0.4) is 0 Å². The summed E-state index contributed by atoms with van der Waals surface area (Å²) in [5.41, 5.74) is 0. The van der Waals surface area contributed by atoms with Crippen molar-refractivity contribution in [3.05, 3.63) is 0 Å². The summed E-state index contributed by atoms with van der Waals surface area (Å²) in [6.45, 7) is 5.40. The van der Waals surface area contributed by atoms with Crippen LogP contribution in [0.2, 0.25) is 0 Å². The maximum atomic E-state index is 5.07. The minimum atomic E-state index is 0.649. The van der Waals surface area contributed by atoms with Gasteiger partial charge >= 0.3 is 0 Å². The van der Waals surface area contributed by atoms with E-state index in [4.69, 9.17) is 4.74 Å². The average molecular weight is 156 g/mol. The van der Waals surface area contributed by atoms with E-state index in [1.54, 1.807) is 0 Å². The van der Waals surface area contributed by atoms with Gasteiger partial charge in [-0.2, -0.15) is 0 Å². The molecule has 0 amide bonds. The number of ether oxygens (including phenoxy) is 1. The molecule has 2 fully saturated rings. The van der Waals surface area contributed by atoms with Crippen molar-refractivity contribution in [2.75, 3.05) is 32.8 Å². The van der Waals surface area contributed by atoms with Crippen LogP contribution in [0.1, 0.15) is 6.42 Å². The Bertz CT molecular complexity index is 119. The molecular weight excluding hydrogens is 140 g/mol. The lowest BCUT2D eigenvalue weighted by Gasteiger charge is -2.28. The first-order valence-corrected chi connectivity index (χ1v) is 4.47. The van der Waals surface area contributed by atoms with E-state index in [0.29, 0.717) is 6.04 Å². The number of hydrogen-bond donors (Lipinski definition) is 2. The number of nitrogens with one attached hydrogen (secondary N) is 2. The van der Waals surface area contributed by atoms with E-state index in [2.05, 4.69) is 10.6 Å². The van der Waals surface area contributed by atoms with E-state index in [9.17, 15) is 0 Å². The lowest BCUT2D eigenvalue weighted by Crippen LogP contribution is -2.47. The van der Waals surface area contributed by atoms with E-state index in [1.165, 1.54) is 26.1 Å². The van der Waals surface area contributed by atoms with Gasteiger partial charge in [-0.05, 0) is 32.0 Å². The summed E-state index contributed by atoms with van der Waals surface area (Å²) in [5, 5.41) is 6.86. The van der Waals surface area contributed by atoms with Crippen LogP contribution in [0.25, 0.3) is 0 Å². The Morgan fingerprint density at radius 1 is 1.45 bits per heavy atom. The lowest BCUT2D eigenvalue weighted by atomic mass is 10.1. The van der Waals surface area contributed by atoms with Crippen molar-refractivity contribution in [3.63, 3.8) is 0 Å². The lowest BCUT2D eigenvalue weighted by molar-refractivity contribution is -0.00618. The Balaban J connectivity index is 1.57. The topological polar surface area (TPSA) is 33.3 Å². The Hall–Kier alpha value is -0.120. The molecule has 2 N–H and O–H groups in total. The van der Waals surface area contributed by atoms with Crippen LogP contribution >= 0.6 is 0 Å². The molecule has 2 aliphatic heterocycles. The Morgan fingerprint density at radius 2 is 2.36 bits per heavy atom. The normalized spacial score (nSPS) is 32.2. The highest BCUT2D eigenvalue weighted by atomic mass is 16.5. The van der Waals surface area contributed by atoms with Gasteiger partial charge in [-0.25, -0.2) is 0 Å².